The molecule has 0 bridgehead atoms. The number of aromatic nitrogens is 2. The molecule has 1 saturated heterocycles. The smallest absolute Gasteiger partial charge is 0.191 e. The summed E-state index contributed by atoms with van der Waals surface area (Å²) in [5.74, 6) is 0.823. The van der Waals surface area contributed by atoms with Crippen molar-refractivity contribution in [2.24, 2.45) is 12.0 Å². The van der Waals surface area contributed by atoms with Crippen molar-refractivity contribution in [2.75, 3.05) is 20.2 Å². The number of hydrogen-bond acceptors (Lipinski definition) is 3. The predicted octanol–water partition coefficient (Wildman–Crippen LogP) is 1.39. The van der Waals surface area contributed by atoms with Crippen molar-refractivity contribution >= 4 is 5.96 Å². The van der Waals surface area contributed by atoms with Gasteiger partial charge in [-0.3, -0.25) is 9.67 Å². The van der Waals surface area contributed by atoms with Gasteiger partial charge in [0.2, 0.25) is 0 Å². The molecule has 0 radical (unpaired) electrons. The average molecular weight is 307 g/mol. The summed E-state index contributed by atoms with van der Waals surface area (Å²) in [6.45, 7) is 6.77. The minimum Gasteiger partial charge on any atom is -0.376 e. The van der Waals surface area contributed by atoms with Crippen LogP contribution in [0, 0.1) is 0 Å². The molecule has 2 heterocycles. The molecule has 124 valence electrons. The van der Waals surface area contributed by atoms with Crippen LogP contribution >= 0.6 is 0 Å². The maximum Gasteiger partial charge on any atom is 0.191 e. The Morgan fingerprint density at radius 3 is 2.77 bits per heavy atom. The largest absolute Gasteiger partial charge is 0.376 e. The third kappa shape index (κ3) is 4.00. The number of rotatable bonds is 6. The highest BCUT2D eigenvalue weighted by Gasteiger charge is 2.16. The minimum absolute atomic E-state index is 0.314. The molecule has 1 aromatic heterocycles. The van der Waals surface area contributed by atoms with E-state index < -0.39 is 0 Å². The Kier molecular flexibility index (Phi) is 6.24. The molecule has 6 nitrogen and oxygen atoms in total. The molecular weight excluding hydrogens is 278 g/mol. The summed E-state index contributed by atoms with van der Waals surface area (Å²) in [4.78, 5) is 4.29. The molecule has 0 amide bonds. The van der Waals surface area contributed by atoms with Crippen LogP contribution in [-0.4, -0.2) is 42.0 Å². The molecule has 2 rings (SSSR count). The molecule has 1 atom stereocenters. The first-order chi connectivity index (χ1) is 10.7. The van der Waals surface area contributed by atoms with Gasteiger partial charge in [-0.2, -0.15) is 5.10 Å². The van der Waals surface area contributed by atoms with Crippen LogP contribution < -0.4 is 10.6 Å². The SMILES string of the molecule is CCc1nn(C)c(CC)c1CNC(=NC)NCC1CCCO1. The fourth-order valence-corrected chi connectivity index (χ4v) is 3.00. The quantitative estimate of drug-likeness (QED) is 0.616. The Morgan fingerprint density at radius 1 is 1.36 bits per heavy atom. The van der Waals surface area contributed by atoms with Crippen molar-refractivity contribution in [2.45, 2.75) is 52.2 Å². The van der Waals surface area contributed by atoms with Gasteiger partial charge in [0, 0.05) is 45.0 Å². The Balaban J connectivity index is 1.92. The van der Waals surface area contributed by atoms with Crippen LogP contribution in [-0.2, 0) is 31.2 Å². The van der Waals surface area contributed by atoms with Gasteiger partial charge < -0.3 is 15.4 Å². The third-order valence-electron chi connectivity index (χ3n) is 4.21. The molecular formula is C16H29N5O. The summed E-state index contributed by atoms with van der Waals surface area (Å²) in [7, 11) is 3.82. The second-order valence-corrected chi connectivity index (χ2v) is 5.64. The van der Waals surface area contributed by atoms with Crippen LogP contribution in [0.15, 0.2) is 4.99 Å². The van der Waals surface area contributed by atoms with E-state index in [1.807, 2.05) is 11.7 Å². The lowest BCUT2D eigenvalue weighted by Gasteiger charge is -2.15. The number of nitrogens with one attached hydrogen (secondary N) is 2. The molecule has 1 aliphatic rings. The molecule has 2 N–H and O–H groups in total. The summed E-state index contributed by atoms with van der Waals surface area (Å²) in [6.07, 6.45) is 4.55. The van der Waals surface area contributed by atoms with E-state index in [0.29, 0.717) is 6.10 Å². The van der Waals surface area contributed by atoms with E-state index in [4.69, 9.17) is 4.74 Å². The third-order valence-corrected chi connectivity index (χ3v) is 4.21. The molecule has 0 saturated carbocycles. The Bertz CT molecular complexity index is 503. The molecule has 0 aromatic carbocycles. The first kappa shape index (κ1) is 16.8. The van der Waals surface area contributed by atoms with Crippen LogP contribution in [0.1, 0.15) is 43.6 Å². The summed E-state index contributed by atoms with van der Waals surface area (Å²) in [5, 5.41) is 11.4. The lowest BCUT2D eigenvalue weighted by Crippen LogP contribution is -2.40. The summed E-state index contributed by atoms with van der Waals surface area (Å²) in [5.41, 5.74) is 3.76. The van der Waals surface area contributed by atoms with E-state index >= 15 is 0 Å². The zero-order chi connectivity index (χ0) is 15.9. The second-order valence-electron chi connectivity index (χ2n) is 5.64. The number of aryl methyl sites for hydroxylation is 2. The highest BCUT2D eigenvalue weighted by atomic mass is 16.5. The monoisotopic (exact) mass is 307 g/mol. The van der Waals surface area contributed by atoms with Crippen molar-refractivity contribution in [3.8, 4) is 0 Å². The summed E-state index contributed by atoms with van der Waals surface area (Å²) in [6, 6.07) is 0. The Morgan fingerprint density at radius 2 is 2.18 bits per heavy atom. The van der Waals surface area contributed by atoms with Crippen LogP contribution in [0.2, 0.25) is 0 Å². The predicted molar refractivity (Wildman–Crippen MR) is 89.1 cm³/mol. The standard InChI is InChI=1S/C16H29N5O/c1-5-14-13(15(6-2)21(4)20-14)11-19-16(17-3)18-10-12-8-7-9-22-12/h12H,5-11H2,1-4H3,(H2,17,18,19). The fraction of sp³-hybridized carbons (Fsp3) is 0.750. The van der Waals surface area contributed by atoms with Crippen LogP contribution in [0.25, 0.3) is 0 Å². The molecule has 1 unspecified atom stereocenters. The molecule has 1 fully saturated rings. The molecule has 0 aliphatic carbocycles. The molecule has 0 spiro atoms. The number of ether oxygens (including phenoxy) is 1. The molecule has 1 aromatic rings. The number of nitrogens with zero attached hydrogens (tertiary/aromatic N) is 3. The molecule has 1 aliphatic heterocycles. The van der Waals surface area contributed by atoms with E-state index in [1.165, 1.54) is 17.0 Å². The highest BCUT2D eigenvalue weighted by molar-refractivity contribution is 5.79. The van der Waals surface area contributed by atoms with E-state index in [9.17, 15) is 0 Å². The maximum atomic E-state index is 5.63. The normalized spacial score (nSPS) is 18.7. The van der Waals surface area contributed by atoms with Gasteiger partial charge >= 0.3 is 0 Å². The van der Waals surface area contributed by atoms with Gasteiger partial charge in [0.1, 0.15) is 0 Å². The van der Waals surface area contributed by atoms with Gasteiger partial charge in [0.05, 0.1) is 11.8 Å². The first-order valence-corrected chi connectivity index (χ1v) is 8.29. The van der Waals surface area contributed by atoms with Gasteiger partial charge in [-0.15, -0.1) is 0 Å². The zero-order valence-corrected chi connectivity index (χ0v) is 14.3. The van der Waals surface area contributed by atoms with Crippen molar-refractivity contribution in [1.29, 1.82) is 0 Å². The average Bonchev–Trinajstić information content (AvgIpc) is 3.14. The number of hydrogen-bond donors (Lipinski definition) is 2. The van der Waals surface area contributed by atoms with Gasteiger partial charge in [0.15, 0.2) is 5.96 Å². The van der Waals surface area contributed by atoms with Crippen molar-refractivity contribution in [3.63, 3.8) is 0 Å². The fourth-order valence-electron chi connectivity index (χ4n) is 3.00. The number of guanidine groups is 1. The van der Waals surface area contributed by atoms with Crippen LogP contribution in [0.5, 0.6) is 0 Å². The lowest BCUT2D eigenvalue weighted by molar-refractivity contribution is 0.114. The summed E-state index contributed by atoms with van der Waals surface area (Å²) < 4.78 is 7.63. The minimum atomic E-state index is 0.314. The van der Waals surface area contributed by atoms with E-state index in [0.717, 1.165) is 51.3 Å². The van der Waals surface area contributed by atoms with Gasteiger partial charge in [-0.05, 0) is 25.7 Å². The number of aliphatic imine (C=N–C) groups is 1. The Hall–Kier alpha value is -1.56. The molecule has 22 heavy (non-hydrogen) atoms. The van der Waals surface area contributed by atoms with E-state index in [1.54, 1.807) is 7.05 Å². The van der Waals surface area contributed by atoms with Crippen LogP contribution in [0.3, 0.4) is 0 Å². The lowest BCUT2D eigenvalue weighted by atomic mass is 10.1. The zero-order valence-electron chi connectivity index (χ0n) is 14.3. The van der Waals surface area contributed by atoms with Crippen molar-refractivity contribution in [1.82, 2.24) is 20.4 Å². The van der Waals surface area contributed by atoms with Crippen LogP contribution in [0.4, 0.5) is 0 Å². The molecule has 6 heteroatoms. The topological polar surface area (TPSA) is 63.5 Å². The highest BCUT2D eigenvalue weighted by Crippen LogP contribution is 2.15. The van der Waals surface area contributed by atoms with Crippen molar-refractivity contribution < 1.29 is 4.74 Å². The van der Waals surface area contributed by atoms with Crippen molar-refractivity contribution in [3.05, 3.63) is 17.0 Å². The second kappa shape index (κ2) is 8.17. The van der Waals surface area contributed by atoms with E-state index in [2.05, 4.69) is 34.6 Å². The summed E-state index contributed by atoms with van der Waals surface area (Å²) >= 11 is 0. The van der Waals surface area contributed by atoms with Gasteiger partial charge in [0.25, 0.3) is 0 Å². The van der Waals surface area contributed by atoms with Gasteiger partial charge in [-0.1, -0.05) is 13.8 Å². The van der Waals surface area contributed by atoms with Gasteiger partial charge in [-0.25, -0.2) is 0 Å². The maximum absolute atomic E-state index is 5.63. The Labute approximate surface area is 133 Å². The van der Waals surface area contributed by atoms with E-state index in [-0.39, 0.29) is 0 Å². The first-order valence-electron chi connectivity index (χ1n) is 8.29.